The summed E-state index contributed by atoms with van der Waals surface area (Å²) in [6.45, 7) is 0.407. The van der Waals surface area contributed by atoms with Crippen molar-refractivity contribution in [2.45, 2.75) is 6.61 Å². The molecule has 17 heavy (non-hydrogen) atoms. The van der Waals surface area contributed by atoms with Crippen molar-refractivity contribution in [1.29, 1.82) is 0 Å². The number of hydrogen-bond donors (Lipinski definition) is 0. The Bertz CT molecular complexity index is 505. The van der Waals surface area contributed by atoms with Crippen LogP contribution in [-0.4, -0.2) is 17.1 Å². The maximum absolute atomic E-state index is 5.65. The quantitative estimate of drug-likeness (QED) is 0.783. The van der Waals surface area contributed by atoms with E-state index in [0.717, 1.165) is 11.3 Å². The van der Waals surface area contributed by atoms with Crippen molar-refractivity contribution in [3.8, 4) is 11.6 Å². The summed E-state index contributed by atoms with van der Waals surface area (Å²) in [7, 11) is 1.63. The van der Waals surface area contributed by atoms with E-state index in [4.69, 9.17) is 21.1 Å². The third-order valence-corrected chi connectivity index (χ3v) is 2.30. The summed E-state index contributed by atoms with van der Waals surface area (Å²) in [5.74, 6) is 1.25. The van der Waals surface area contributed by atoms with Crippen LogP contribution in [0.2, 0.25) is 5.28 Å². The molecule has 0 saturated carbocycles. The highest BCUT2D eigenvalue weighted by Gasteiger charge is 2.00. The van der Waals surface area contributed by atoms with Gasteiger partial charge in [0.25, 0.3) is 0 Å². The molecule has 1 aromatic carbocycles. The summed E-state index contributed by atoms with van der Waals surface area (Å²) in [6.07, 6.45) is 1.55. The Morgan fingerprint density at radius 2 is 2.18 bits per heavy atom. The lowest BCUT2D eigenvalue weighted by molar-refractivity contribution is 0.292. The maximum atomic E-state index is 5.65. The zero-order valence-corrected chi connectivity index (χ0v) is 10.0. The average molecular weight is 251 g/mol. The van der Waals surface area contributed by atoms with Crippen molar-refractivity contribution in [3.05, 3.63) is 47.4 Å². The van der Waals surface area contributed by atoms with Gasteiger partial charge in [0.2, 0.25) is 11.2 Å². The molecule has 0 atom stereocenters. The first kappa shape index (κ1) is 11.7. The van der Waals surface area contributed by atoms with E-state index in [-0.39, 0.29) is 5.28 Å². The predicted molar refractivity (Wildman–Crippen MR) is 64.4 cm³/mol. The zero-order chi connectivity index (χ0) is 12.1. The lowest BCUT2D eigenvalue weighted by Crippen LogP contribution is -1.98. The molecule has 0 aliphatic rings. The zero-order valence-electron chi connectivity index (χ0n) is 9.26. The molecule has 2 aromatic rings. The van der Waals surface area contributed by atoms with Gasteiger partial charge in [-0.1, -0.05) is 12.1 Å². The number of methoxy groups -OCH3 is 1. The van der Waals surface area contributed by atoms with E-state index < -0.39 is 0 Å². The standard InChI is InChI=1S/C12H11ClN2O2/c1-16-10-4-2-3-9(7-10)8-17-11-5-6-14-12(13)15-11/h2-7H,8H2,1H3. The first-order valence-corrected chi connectivity index (χ1v) is 5.40. The van der Waals surface area contributed by atoms with Crippen LogP contribution < -0.4 is 9.47 Å². The summed E-state index contributed by atoms with van der Waals surface area (Å²) in [6, 6.07) is 9.30. The van der Waals surface area contributed by atoms with Crippen LogP contribution in [0.3, 0.4) is 0 Å². The summed E-state index contributed by atoms with van der Waals surface area (Å²) in [5.41, 5.74) is 0.999. The Kier molecular flexibility index (Phi) is 3.77. The van der Waals surface area contributed by atoms with Crippen molar-refractivity contribution in [2.24, 2.45) is 0 Å². The van der Waals surface area contributed by atoms with E-state index in [1.165, 1.54) is 0 Å². The van der Waals surface area contributed by atoms with E-state index in [9.17, 15) is 0 Å². The second-order valence-corrected chi connectivity index (χ2v) is 3.64. The smallest absolute Gasteiger partial charge is 0.225 e. The van der Waals surface area contributed by atoms with Gasteiger partial charge in [0.05, 0.1) is 7.11 Å². The van der Waals surface area contributed by atoms with Crippen LogP contribution in [-0.2, 0) is 6.61 Å². The number of nitrogens with zero attached hydrogens (tertiary/aromatic N) is 2. The van der Waals surface area contributed by atoms with Crippen molar-refractivity contribution in [3.63, 3.8) is 0 Å². The number of aromatic nitrogens is 2. The van der Waals surface area contributed by atoms with Crippen molar-refractivity contribution in [1.82, 2.24) is 9.97 Å². The fourth-order valence-electron chi connectivity index (χ4n) is 1.32. The minimum absolute atomic E-state index is 0.174. The Hall–Kier alpha value is -1.81. The molecule has 88 valence electrons. The van der Waals surface area contributed by atoms with Gasteiger partial charge in [0.1, 0.15) is 12.4 Å². The normalized spacial score (nSPS) is 10.0. The van der Waals surface area contributed by atoms with E-state index in [1.54, 1.807) is 19.4 Å². The summed E-state index contributed by atoms with van der Waals surface area (Å²) in [4.78, 5) is 7.71. The van der Waals surface area contributed by atoms with E-state index >= 15 is 0 Å². The molecule has 5 heteroatoms. The summed E-state index contributed by atoms with van der Waals surface area (Å²) < 4.78 is 10.6. The summed E-state index contributed by atoms with van der Waals surface area (Å²) >= 11 is 5.65. The highest BCUT2D eigenvalue weighted by atomic mass is 35.5. The minimum atomic E-state index is 0.174. The maximum Gasteiger partial charge on any atom is 0.225 e. The molecule has 0 aliphatic carbocycles. The fraction of sp³-hybridized carbons (Fsp3) is 0.167. The molecule has 1 heterocycles. The Balaban J connectivity index is 2.02. The molecule has 0 unspecified atom stereocenters. The molecular weight excluding hydrogens is 240 g/mol. The van der Waals surface area contributed by atoms with Crippen LogP contribution in [0.1, 0.15) is 5.56 Å². The van der Waals surface area contributed by atoms with Crippen LogP contribution in [0.15, 0.2) is 36.5 Å². The molecule has 0 bridgehead atoms. The highest BCUT2D eigenvalue weighted by molar-refractivity contribution is 6.28. The molecule has 0 radical (unpaired) electrons. The van der Waals surface area contributed by atoms with Gasteiger partial charge in [0, 0.05) is 12.3 Å². The predicted octanol–water partition coefficient (Wildman–Crippen LogP) is 2.72. The first-order valence-electron chi connectivity index (χ1n) is 5.02. The van der Waals surface area contributed by atoms with Gasteiger partial charge in [-0.2, -0.15) is 4.98 Å². The SMILES string of the molecule is COc1cccc(COc2ccnc(Cl)n2)c1. The van der Waals surface area contributed by atoms with Crippen molar-refractivity contribution in [2.75, 3.05) is 7.11 Å². The van der Waals surface area contributed by atoms with Gasteiger partial charge in [-0.15, -0.1) is 0 Å². The Morgan fingerprint density at radius 3 is 2.94 bits per heavy atom. The van der Waals surface area contributed by atoms with Gasteiger partial charge in [-0.25, -0.2) is 4.98 Å². The number of benzene rings is 1. The number of halogens is 1. The van der Waals surface area contributed by atoms with E-state index in [0.29, 0.717) is 12.5 Å². The van der Waals surface area contributed by atoms with Crippen LogP contribution >= 0.6 is 11.6 Å². The molecular formula is C12H11ClN2O2. The molecule has 1 aromatic heterocycles. The average Bonchev–Trinajstić information content (AvgIpc) is 2.37. The second kappa shape index (κ2) is 5.50. The largest absolute Gasteiger partial charge is 0.497 e. The third kappa shape index (κ3) is 3.32. The molecule has 2 rings (SSSR count). The number of hydrogen-bond acceptors (Lipinski definition) is 4. The topological polar surface area (TPSA) is 44.2 Å². The molecule has 0 fully saturated rings. The molecule has 0 aliphatic heterocycles. The number of ether oxygens (including phenoxy) is 2. The third-order valence-electron chi connectivity index (χ3n) is 2.12. The highest BCUT2D eigenvalue weighted by Crippen LogP contribution is 2.15. The van der Waals surface area contributed by atoms with Crippen LogP contribution in [0.25, 0.3) is 0 Å². The lowest BCUT2D eigenvalue weighted by atomic mass is 10.2. The molecule has 0 amide bonds. The second-order valence-electron chi connectivity index (χ2n) is 3.30. The summed E-state index contributed by atoms with van der Waals surface area (Å²) in [5, 5.41) is 0.174. The van der Waals surface area contributed by atoms with E-state index in [1.807, 2.05) is 24.3 Å². The van der Waals surface area contributed by atoms with Crippen LogP contribution in [0, 0.1) is 0 Å². The Labute approximate surface area is 104 Å². The van der Waals surface area contributed by atoms with Gasteiger partial charge in [0.15, 0.2) is 0 Å². The minimum Gasteiger partial charge on any atom is -0.497 e. The molecule has 0 spiro atoms. The van der Waals surface area contributed by atoms with Gasteiger partial charge >= 0.3 is 0 Å². The van der Waals surface area contributed by atoms with Crippen LogP contribution in [0.4, 0.5) is 0 Å². The lowest BCUT2D eigenvalue weighted by Gasteiger charge is -2.06. The number of rotatable bonds is 4. The van der Waals surface area contributed by atoms with Crippen LogP contribution in [0.5, 0.6) is 11.6 Å². The monoisotopic (exact) mass is 250 g/mol. The van der Waals surface area contributed by atoms with Gasteiger partial charge < -0.3 is 9.47 Å². The Morgan fingerprint density at radius 1 is 1.29 bits per heavy atom. The first-order chi connectivity index (χ1) is 8.28. The van der Waals surface area contributed by atoms with Crippen molar-refractivity contribution < 1.29 is 9.47 Å². The van der Waals surface area contributed by atoms with Gasteiger partial charge in [-0.3, -0.25) is 0 Å². The van der Waals surface area contributed by atoms with E-state index in [2.05, 4.69) is 9.97 Å². The fourth-order valence-corrected chi connectivity index (χ4v) is 1.46. The molecule has 0 saturated heterocycles. The van der Waals surface area contributed by atoms with Gasteiger partial charge in [-0.05, 0) is 29.3 Å². The van der Waals surface area contributed by atoms with Crippen molar-refractivity contribution >= 4 is 11.6 Å². The molecule has 0 N–H and O–H groups in total. The molecule has 4 nitrogen and oxygen atoms in total.